The van der Waals surface area contributed by atoms with Crippen LogP contribution in [0.15, 0.2) is 17.9 Å². The number of hydrogen-bond donors (Lipinski definition) is 0. The molecule has 0 aliphatic carbocycles. The Labute approximate surface area is 77.4 Å². The topological polar surface area (TPSA) is 0 Å². The van der Waals surface area contributed by atoms with Crippen LogP contribution >= 0.6 is 0 Å². The Bertz CT molecular complexity index is 138. The molecule has 0 amide bonds. The summed E-state index contributed by atoms with van der Waals surface area (Å²) in [6, 6.07) is 0. The average molecular weight is 166 g/mol. The molecule has 12 heavy (non-hydrogen) atoms. The van der Waals surface area contributed by atoms with Crippen LogP contribution in [-0.2, 0) is 0 Å². The van der Waals surface area contributed by atoms with Crippen molar-refractivity contribution in [2.75, 3.05) is 0 Å². The lowest BCUT2D eigenvalue weighted by Gasteiger charge is -1.95. The number of allylic oxidation sites excluding steroid dienone is 1. The van der Waals surface area contributed by atoms with Crippen LogP contribution in [0.4, 0.5) is 0 Å². The first-order chi connectivity index (χ1) is 5.81. The molecule has 0 fully saturated rings. The Kier molecular flexibility index (Phi) is 8.27. The second-order valence-electron chi connectivity index (χ2n) is 3.42. The Morgan fingerprint density at radius 3 is 2.58 bits per heavy atom. The summed E-state index contributed by atoms with van der Waals surface area (Å²) in [5, 5.41) is 0. The van der Waals surface area contributed by atoms with E-state index in [9.17, 15) is 0 Å². The molecule has 0 aromatic carbocycles. The minimum absolute atomic E-state index is 0.687. The van der Waals surface area contributed by atoms with Gasteiger partial charge < -0.3 is 0 Å². The number of unbranched alkanes of at least 4 members (excludes halogenated alkanes) is 3. The highest BCUT2D eigenvalue weighted by Crippen LogP contribution is 2.02. The van der Waals surface area contributed by atoms with Crippen molar-refractivity contribution in [3.63, 3.8) is 0 Å². The van der Waals surface area contributed by atoms with E-state index in [0.29, 0.717) is 5.92 Å². The molecule has 0 N–H and O–H groups in total. The van der Waals surface area contributed by atoms with Crippen molar-refractivity contribution < 1.29 is 0 Å². The molecule has 0 bridgehead atoms. The normalized spacial score (nSPS) is 11.9. The van der Waals surface area contributed by atoms with Gasteiger partial charge in [-0.15, -0.1) is 5.73 Å². The molecule has 0 radical (unpaired) electrons. The molecule has 0 saturated carbocycles. The molecule has 0 rings (SSSR count). The van der Waals surface area contributed by atoms with Crippen LogP contribution in [0.25, 0.3) is 0 Å². The summed E-state index contributed by atoms with van der Waals surface area (Å²) in [6.07, 6.45) is 10.7. The SMILES string of the molecule is CCCCCC=C=CC(C)CC. The molecule has 0 aliphatic heterocycles. The van der Waals surface area contributed by atoms with Gasteiger partial charge >= 0.3 is 0 Å². The molecule has 0 heterocycles. The van der Waals surface area contributed by atoms with Gasteiger partial charge in [0, 0.05) is 0 Å². The van der Waals surface area contributed by atoms with Gasteiger partial charge in [-0.3, -0.25) is 0 Å². The van der Waals surface area contributed by atoms with Crippen LogP contribution in [0, 0.1) is 5.92 Å². The fourth-order valence-electron chi connectivity index (χ4n) is 0.930. The molecule has 0 spiro atoms. The maximum absolute atomic E-state index is 3.24. The summed E-state index contributed by atoms with van der Waals surface area (Å²) in [4.78, 5) is 0. The second-order valence-corrected chi connectivity index (χ2v) is 3.42. The van der Waals surface area contributed by atoms with Crippen LogP contribution in [0.5, 0.6) is 0 Å². The minimum Gasteiger partial charge on any atom is -0.129 e. The van der Waals surface area contributed by atoms with Crippen molar-refractivity contribution in [2.45, 2.75) is 52.9 Å². The van der Waals surface area contributed by atoms with Gasteiger partial charge in [-0.25, -0.2) is 0 Å². The van der Waals surface area contributed by atoms with Crippen molar-refractivity contribution in [1.29, 1.82) is 0 Å². The van der Waals surface area contributed by atoms with E-state index in [1.54, 1.807) is 0 Å². The second kappa shape index (κ2) is 8.62. The van der Waals surface area contributed by atoms with Crippen molar-refractivity contribution in [3.8, 4) is 0 Å². The van der Waals surface area contributed by atoms with Gasteiger partial charge in [-0.1, -0.05) is 33.6 Å². The summed E-state index contributed by atoms with van der Waals surface area (Å²) in [7, 11) is 0. The number of hydrogen-bond acceptors (Lipinski definition) is 0. The fraction of sp³-hybridized carbons (Fsp3) is 0.750. The zero-order valence-electron chi connectivity index (χ0n) is 8.77. The summed E-state index contributed by atoms with van der Waals surface area (Å²) in [6.45, 7) is 6.67. The molecule has 0 nitrogen and oxygen atoms in total. The van der Waals surface area contributed by atoms with Gasteiger partial charge in [0.1, 0.15) is 0 Å². The first-order valence-corrected chi connectivity index (χ1v) is 5.22. The van der Waals surface area contributed by atoms with E-state index >= 15 is 0 Å². The zero-order valence-corrected chi connectivity index (χ0v) is 8.77. The van der Waals surface area contributed by atoms with Gasteiger partial charge in [-0.05, 0) is 37.3 Å². The number of rotatable bonds is 6. The molecular weight excluding hydrogens is 144 g/mol. The van der Waals surface area contributed by atoms with Crippen LogP contribution in [0.1, 0.15) is 52.9 Å². The Hall–Kier alpha value is -0.480. The third-order valence-electron chi connectivity index (χ3n) is 2.09. The van der Waals surface area contributed by atoms with E-state index in [-0.39, 0.29) is 0 Å². The predicted octanol–water partition coefficient (Wildman–Crippen LogP) is 4.32. The molecule has 1 atom stereocenters. The Balaban J connectivity index is 3.40. The van der Waals surface area contributed by atoms with Gasteiger partial charge in [-0.2, -0.15) is 0 Å². The van der Waals surface area contributed by atoms with E-state index in [1.807, 2.05) is 0 Å². The van der Waals surface area contributed by atoms with Crippen molar-refractivity contribution >= 4 is 0 Å². The molecule has 1 unspecified atom stereocenters. The van der Waals surface area contributed by atoms with Crippen molar-refractivity contribution in [3.05, 3.63) is 17.9 Å². The molecule has 0 aliphatic rings. The fourth-order valence-corrected chi connectivity index (χ4v) is 0.930. The summed E-state index contributed by atoms with van der Waals surface area (Å²) >= 11 is 0. The van der Waals surface area contributed by atoms with E-state index in [2.05, 4.69) is 38.7 Å². The molecular formula is C12H22. The van der Waals surface area contributed by atoms with Crippen LogP contribution in [0.3, 0.4) is 0 Å². The smallest absolute Gasteiger partial charge is 0.0189 e. The maximum Gasteiger partial charge on any atom is -0.0189 e. The quantitative estimate of drug-likeness (QED) is 0.407. The monoisotopic (exact) mass is 166 g/mol. The summed E-state index contributed by atoms with van der Waals surface area (Å²) < 4.78 is 0. The van der Waals surface area contributed by atoms with Gasteiger partial charge in [0.25, 0.3) is 0 Å². The Morgan fingerprint density at radius 1 is 1.25 bits per heavy atom. The lowest BCUT2D eigenvalue weighted by molar-refractivity contribution is 0.698. The first kappa shape index (κ1) is 11.5. The van der Waals surface area contributed by atoms with E-state index < -0.39 is 0 Å². The van der Waals surface area contributed by atoms with E-state index in [1.165, 1.54) is 32.1 Å². The van der Waals surface area contributed by atoms with Crippen molar-refractivity contribution in [2.24, 2.45) is 5.92 Å². The standard InChI is InChI=1S/C12H22/c1-4-6-7-8-9-10-11-12(3)5-2/h9,11-12H,4-8H2,1-3H3. The molecule has 0 aromatic heterocycles. The highest BCUT2D eigenvalue weighted by atomic mass is 13.9. The molecule has 70 valence electrons. The summed E-state index contributed by atoms with van der Waals surface area (Å²) in [5.41, 5.74) is 3.24. The Morgan fingerprint density at radius 2 is 2.00 bits per heavy atom. The highest BCUT2D eigenvalue weighted by molar-refractivity contribution is 4.87. The molecule has 0 aromatic rings. The lowest BCUT2D eigenvalue weighted by Crippen LogP contribution is -1.81. The lowest BCUT2D eigenvalue weighted by atomic mass is 10.1. The average Bonchev–Trinajstić information content (AvgIpc) is 2.10. The molecule has 0 heteroatoms. The largest absolute Gasteiger partial charge is 0.129 e. The van der Waals surface area contributed by atoms with Crippen LogP contribution in [-0.4, -0.2) is 0 Å². The van der Waals surface area contributed by atoms with Crippen LogP contribution in [0.2, 0.25) is 0 Å². The van der Waals surface area contributed by atoms with E-state index in [0.717, 1.165) is 0 Å². The predicted molar refractivity (Wildman–Crippen MR) is 56.3 cm³/mol. The zero-order chi connectivity index (χ0) is 9.23. The molecule has 0 saturated heterocycles. The highest BCUT2D eigenvalue weighted by Gasteiger charge is 1.87. The van der Waals surface area contributed by atoms with Gasteiger partial charge in [0.15, 0.2) is 0 Å². The van der Waals surface area contributed by atoms with Crippen molar-refractivity contribution in [1.82, 2.24) is 0 Å². The summed E-state index contributed by atoms with van der Waals surface area (Å²) in [5.74, 6) is 0.687. The third-order valence-corrected chi connectivity index (χ3v) is 2.09. The van der Waals surface area contributed by atoms with Gasteiger partial charge in [0.05, 0.1) is 0 Å². The minimum atomic E-state index is 0.687. The van der Waals surface area contributed by atoms with Gasteiger partial charge in [0.2, 0.25) is 0 Å². The van der Waals surface area contributed by atoms with E-state index in [4.69, 9.17) is 0 Å². The maximum atomic E-state index is 3.24. The first-order valence-electron chi connectivity index (χ1n) is 5.22. The van der Waals surface area contributed by atoms with Crippen LogP contribution < -0.4 is 0 Å². The third kappa shape index (κ3) is 7.63.